The summed E-state index contributed by atoms with van der Waals surface area (Å²) in [6, 6.07) is 8.99. The maximum atomic E-state index is 12.2. The van der Waals surface area contributed by atoms with Gasteiger partial charge in [0.15, 0.2) is 5.96 Å². The molecule has 1 aromatic rings. The van der Waals surface area contributed by atoms with Crippen LogP contribution in [0.25, 0.3) is 0 Å². The lowest BCUT2D eigenvalue weighted by atomic mass is 10.0. The first kappa shape index (κ1) is 19.2. The molecular formula is C18H28BrFN4. The summed E-state index contributed by atoms with van der Waals surface area (Å²) in [4.78, 5) is 6.92. The van der Waals surface area contributed by atoms with Crippen molar-refractivity contribution in [2.24, 2.45) is 4.99 Å². The summed E-state index contributed by atoms with van der Waals surface area (Å²) in [5.41, 5.74) is 1.35. The Hall–Kier alpha value is -1.14. The van der Waals surface area contributed by atoms with Crippen molar-refractivity contribution < 1.29 is 4.39 Å². The number of halogens is 2. The van der Waals surface area contributed by atoms with Gasteiger partial charge in [0.1, 0.15) is 0 Å². The number of nitrogens with zero attached hydrogens (tertiary/aromatic N) is 2. The lowest BCUT2D eigenvalue weighted by molar-refractivity contribution is 0.198. The molecule has 1 heterocycles. The fourth-order valence-corrected chi connectivity index (χ4v) is 3.11. The van der Waals surface area contributed by atoms with Gasteiger partial charge in [0.2, 0.25) is 0 Å². The average Bonchev–Trinajstić information content (AvgIpc) is 2.59. The summed E-state index contributed by atoms with van der Waals surface area (Å²) in [6.07, 6.45) is 2.69. The fourth-order valence-electron chi connectivity index (χ4n) is 2.85. The average molecular weight is 399 g/mol. The zero-order valence-electron chi connectivity index (χ0n) is 14.4. The molecular weight excluding hydrogens is 371 g/mol. The van der Waals surface area contributed by atoms with Crippen LogP contribution in [-0.4, -0.2) is 49.8 Å². The van der Waals surface area contributed by atoms with Crippen molar-refractivity contribution in [1.82, 2.24) is 15.5 Å². The van der Waals surface area contributed by atoms with E-state index in [4.69, 9.17) is 0 Å². The van der Waals surface area contributed by atoms with Gasteiger partial charge in [-0.15, -0.1) is 0 Å². The number of hydrogen-bond acceptors (Lipinski definition) is 2. The number of nitrogens with one attached hydrogen (secondary N) is 2. The number of hydrogen-bond donors (Lipinski definition) is 2. The van der Waals surface area contributed by atoms with Crippen LogP contribution >= 0.6 is 15.9 Å². The minimum atomic E-state index is -0.308. The molecule has 0 saturated carbocycles. The Balaban J connectivity index is 1.76. The van der Waals surface area contributed by atoms with E-state index in [9.17, 15) is 4.39 Å². The molecule has 0 radical (unpaired) electrons. The molecule has 4 nitrogen and oxygen atoms in total. The first-order valence-corrected chi connectivity index (χ1v) is 9.58. The Morgan fingerprint density at radius 1 is 1.29 bits per heavy atom. The maximum Gasteiger partial charge on any atom is 0.191 e. The van der Waals surface area contributed by atoms with Gasteiger partial charge in [0, 0.05) is 43.2 Å². The predicted octanol–water partition coefficient (Wildman–Crippen LogP) is 3.33. The van der Waals surface area contributed by atoms with Crippen LogP contribution in [-0.2, 0) is 6.54 Å². The molecule has 2 rings (SSSR count). The Kier molecular flexibility index (Phi) is 8.53. The lowest BCUT2D eigenvalue weighted by Gasteiger charge is -2.33. The zero-order chi connectivity index (χ0) is 17.2. The van der Waals surface area contributed by atoms with E-state index in [-0.39, 0.29) is 6.67 Å². The van der Waals surface area contributed by atoms with Crippen molar-refractivity contribution in [1.29, 1.82) is 0 Å². The molecule has 1 fully saturated rings. The number of rotatable bonds is 7. The van der Waals surface area contributed by atoms with E-state index in [2.05, 4.69) is 60.7 Å². The quantitative estimate of drug-likeness (QED) is 0.420. The standard InChI is InChI=1S/C18H28BrFN4/c1-2-21-18(22-11-3-10-20)23-17-8-12-24(13-9-17)14-15-4-6-16(19)7-5-15/h4-7,17H,2-3,8-14H2,1H3,(H2,21,22,23). The minimum absolute atomic E-state index is 0.308. The zero-order valence-corrected chi connectivity index (χ0v) is 16.0. The smallest absolute Gasteiger partial charge is 0.191 e. The van der Waals surface area contributed by atoms with Gasteiger partial charge in [-0.25, -0.2) is 0 Å². The molecule has 1 aliphatic heterocycles. The Labute approximate surface area is 153 Å². The third kappa shape index (κ3) is 6.77. The maximum absolute atomic E-state index is 12.2. The molecule has 0 aliphatic carbocycles. The second kappa shape index (κ2) is 10.7. The molecule has 24 heavy (non-hydrogen) atoms. The number of guanidine groups is 1. The highest BCUT2D eigenvalue weighted by atomic mass is 79.9. The van der Waals surface area contributed by atoms with Crippen LogP contribution in [0, 0.1) is 0 Å². The third-order valence-electron chi connectivity index (χ3n) is 4.15. The second-order valence-electron chi connectivity index (χ2n) is 6.12. The van der Waals surface area contributed by atoms with E-state index >= 15 is 0 Å². The summed E-state index contributed by atoms with van der Waals surface area (Å²) < 4.78 is 13.3. The SMILES string of the molecule is CCNC(=NCCCF)NC1CCN(Cc2ccc(Br)cc2)CC1. The van der Waals surface area contributed by atoms with Gasteiger partial charge in [-0.05, 0) is 43.9 Å². The van der Waals surface area contributed by atoms with Crippen molar-refractivity contribution in [2.75, 3.05) is 32.9 Å². The van der Waals surface area contributed by atoms with Gasteiger partial charge in [-0.1, -0.05) is 28.1 Å². The van der Waals surface area contributed by atoms with Crippen LogP contribution in [0.2, 0.25) is 0 Å². The molecule has 0 aromatic heterocycles. The Morgan fingerprint density at radius 3 is 2.62 bits per heavy atom. The molecule has 0 atom stereocenters. The number of likely N-dealkylation sites (tertiary alicyclic amines) is 1. The monoisotopic (exact) mass is 398 g/mol. The van der Waals surface area contributed by atoms with Gasteiger partial charge in [0.25, 0.3) is 0 Å². The van der Waals surface area contributed by atoms with E-state index in [0.717, 1.165) is 49.5 Å². The number of piperidine rings is 1. The van der Waals surface area contributed by atoms with E-state index in [1.165, 1.54) is 5.56 Å². The van der Waals surface area contributed by atoms with Crippen molar-refractivity contribution in [3.8, 4) is 0 Å². The summed E-state index contributed by atoms with van der Waals surface area (Å²) in [6.45, 7) is 6.27. The van der Waals surface area contributed by atoms with Gasteiger partial charge in [-0.2, -0.15) is 0 Å². The highest BCUT2D eigenvalue weighted by Gasteiger charge is 2.20. The Morgan fingerprint density at radius 2 is 2.00 bits per heavy atom. The molecule has 0 unspecified atom stereocenters. The van der Waals surface area contributed by atoms with E-state index in [1.807, 2.05) is 6.92 Å². The van der Waals surface area contributed by atoms with Gasteiger partial charge in [-0.3, -0.25) is 14.3 Å². The van der Waals surface area contributed by atoms with Crippen LogP contribution < -0.4 is 10.6 Å². The summed E-state index contributed by atoms with van der Waals surface area (Å²) in [5, 5.41) is 6.73. The van der Waals surface area contributed by atoms with Crippen molar-refractivity contribution in [2.45, 2.75) is 38.8 Å². The molecule has 0 spiro atoms. The fraction of sp³-hybridized carbons (Fsp3) is 0.611. The van der Waals surface area contributed by atoms with Crippen LogP contribution in [0.1, 0.15) is 31.7 Å². The molecule has 1 aliphatic rings. The topological polar surface area (TPSA) is 39.7 Å². The summed E-state index contributed by atoms with van der Waals surface area (Å²) in [7, 11) is 0. The first-order valence-electron chi connectivity index (χ1n) is 8.79. The number of alkyl halides is 1. The van der Waals surface area contributed by atoms with Crippen LogP contribution in [0.15, 0.2) is 33.7 Å². The van der Waals surface area contributed by atoms with Crippen LogP contribution in [0.5, 0.6) is 0 Å². The highest BCUT2D eigenvalue weighted by Crippen LogP contribution is 2.16. The van der Waals surface area contributed by atoms with Crippen molar-refractivity contribution in [3.05, 3.63) is 34.3 Å². The van der Waals surface area contributed by atoms with Gasteiger partial charge < -0.3 is 10.6 Å². The van der Waals surface area contributed by atoms with Crippen LogP contribution in [0.4, 0.5) is 4.39 Å². The third-order valence-corrected chi connectivity index (χ3v) is 4.68. The van der Waals surface area contributed by atoms with Gasteiger partial charge in [0.05, 0.1) is 6.67 Å². The largest absolute Gasteiger partial charge is 0.357 e. The van der Waals surface area contributed by atoms with Crippen molar-refractivity contribution in [3.63, 3.8) is 0 Å². The number of aliphatic imine (C=N–C) groups is 1. The molecule has 0 bridgehead atoms. The van der Waals surface area contributed by atoms with E-state index in [0.29, 0.717) is 19.0 Å². The molecule has 2 N–H and O–H groups in total. The number of benzene rings is 1. The summed E-state index contributed by atoms with van der Waals surface area (Å²) >= 11 is 3.48. The Bertz CT molecular complexity index is 498. The normalized spacial score (nSPS) is 17.0. The molecule has 1 saturated heterocycles. The predicted molar refractivity (Wildman–Crippen MR) is 102 cm³/mol. The second-order valence-corrected chi connectivity index (χ2v) is 7.04. The van der Waals surface area contributed by atoms with Gasteiger partial charge >= 0.3 is 0 Å². The summed E-state index contributed by atoms with van der Waals surface area (Å²) in [5.74, 6) is 0.817. The first-order chi connectivity index (χ1) is 11.7. The van der Waals surface area contributed by atoms with E-state index in [1.54, 1.807) is 0 Å². The van der Waals surface area contributed by atoms with Crippen molar-refractivity contribution >= 4 is 21.9 Å². The highest BCUT2D eigenvalue weighted by molar-refractivity contribution is 9.10. The molecule has 1 aromatic carbocycles. The molecule has 134 valence electrons. The van der Waals surface area contributed by atoms with Crippen LogP contribution in [0.3, 0.4) is 0 Å². The minimum Gasteiger partial charge on any atom is -0.357 e. The van der Waals surface area contributed by atoms with E-state index < -0.39 is 0 Å². The lowest BCUT2D eigenvalue weighted by Crippen LogP contribution is -2.48. The molecule has 0 amide bonds. The molecule has 6 heteroatoms.